The van der Waals surface area contributed by atoms with E-state index in [1.807, 2.05) is 0 Å². The van der Waals surface area contributed by atoms with Crippen LogP contribution >= 0.6 is 0 Å². The number of hydrogen-bond donors (Lipinski definition) is 0. The van der Waals surface area contributed by atoms with Gasteiger partial charge in [-0.3, -0.25) is 4.79 Å². The van der Waals surface area contributed by atoms with Crippen molar-refractivity contribution in [1.82, 2.24) is 19.7 Å². The second kappa shape index (κ2) is 6.27. The maximum Gasteiger partial charge on any atom is 0.254 e. The normalized spacial score (nSPS) is 15.0. The number of carbonyl (C=O) groups excluding carboxylic acids is 1. The third kappa shape index (κ3) is 2.77. The molecule has 0 fully saturated rings. The molecule has 8 nitrogen and oxygen atoms in total. The quantitative estimate of drug-likeness (QED) is 0.831. The highest BCUT2D eigenvalue weighted by molar-refractivity contribution is 5.95. The Morgan fingerprint density at radius 2 is 2.16 bits per heavy atom. The summed E-state index contributed by atoms with van der Waals surface area (Å²) in [6, 6.07) is 3.38. The average molecular weight is 344 g/mol. The van der Waals surface area contributed by atoms with Gasteiger partial charge in [-0.1, -0.05) is 0 Å². The summed E-state index contributed by atoms with van der Waals surface area (Å²) in [6.07, 6.45) is 2.03. The van der Waals surface area contributed by atoms with E-state index in [9.17, 15) is 4.79 Å². The number of methoxy groups -OCH3 is 1. The molecule has 0 bridgehead atoms. The molecule has 4 rings (SSSR count). The van der Waals surface area contributed by atoms with Gasteiger partial charge < -0.3 is 23.7 Å². The van der Waals surface area contributed by atoms with Crippen LogP contribution < -0.4 is 14.2 Å². The number of amides is 1. The van der Waals surface area contributed by atoms with E-state index in [-0.39, 0.29) is 5.91 Å². The number of nitrogens with zero attached hydrogens (tertiary/aromatic N) is 4. The molecule has 0 radical (unpaired) electrons. The summed E-state index contributed by atoms with van der Waals surface area (Å²) in [5, 5.41) is 8.39. The van der Waals surface area contributed by atoms with E-state index >= 15 is 0 Å². The van der Waals surface area contributed by atoms with Crippen molar-refractivity contribution in [3.05, 3.63) is 29.3 Å². The van der Waals surface area contributed by atoms with Crippen molar-refractivity contribution in [3.63, 3.8) is 0 Å². The summed E-state index contributed by atoms with van der Waals surface area (Å²) in [6.45, 7) is 2.24. The van der Waals surface area contributed by atoms with Crippen molar-refractivity contribution >= 4 is 5.91 Å². The molecule has 0 N–H and O–H groups in total. The number of aromatic nitrogens is 3. The lowest BCUT2D eigenvalue weighted by Gasteiger charge is -2.22. The van der Waals surface area contributed by atoms with Gasteiger partial charge in [-0.25, -0.2) is 0 Å². The zero-order valence-corrected chi connectivity index (χ0v) is 14.3. The van der Waals surface area contributed by atoms with Crippen molar-refractivity contribution in [2.75, 3.05) is 27.4 Å². The van der Waals surface area contributed by atoms with Gasteiger partial charge in [0, 0.05) is 25.6 Å². The molecule has 1 aromatic carbocycles. The first-order valence-electron chi connectivity index (χ1n) is 8.31. The highest BCUT2D eigenvalue weighted by Gasteiger charge is 2.24. The minimum Gasteiger partial charge on any atom is -0.493 e. The zero-order chi connectivity index (χ0) is 17.4. The van der Waals surface area contributed by atoms with Crippen LogP contribution in [0.5, 0.6) is 17.2 Å². The maximum absolute atomic E-state index is 12.8. The largest absolute Gasteiger partial charge is 0.493 e. The van der Waals surface area contributed by atoms with Gasteiger partial charge in [-0.15, -0.1) is 10.2 Å². The fourth-order valence-electron chi connectivity index (χ4n) is 3.23. The first-order chi connectivity index (χ1) is 12.2. The highest BCUT2D eigenvalue weighted by Crippen LogP contribution is 2.40. The van der Waals surface area contributed by atoms with Crippen LogP contribution in [0.4, 0.5) is 0 Å². The molecule has 8 heteroatoms. The molecule has 132 valence electrons. The lowest BCUT2D eigenvalue weighted by Crippen LogP contribution is -2.28. The SMILES string of the molecule is COc1cc(C(=O)N(C)Cc2nnc3n2CCC3)cc2c1OCCO2. The molecule has 2 aliphatic heterocycles. The van der Waals surface area contributed by atoms with Crippen molar-refractivity contribution in [3.8, 4) is 17.2 Å². The predicted molar refractivity (Wildman–Crippen MR) is 88.1 cm³/mol. The molecule has 25 heavy (non-hydrogen) atoms. The van der Waals surface area contributed by atoms with Crippen molar-refractivity contribution in [1.29, 1.82) is 0 Å². The van der Waals surface area contributed by atoms with Crippen LogP contribution in [0.1, 0.15) is 28.4 Å². The van der Waals surface area contributed by atoms with Crippen LogP contribution in [-0.4, -0.2) is 52.9 Å². The molecule has 0 spiro atoms. The topological polar surface area (TPSA) is 78.7 Å². The van der Waals surface area contributed by atoms with E-state index in [0.29, 0.717) is 42.6 Å². The van der Waals surface area contributed by atoms with Crippen molar-refractivity contribution in [2.24, 2.45) is 0 Å². The molecule has 3 heterocycles. The number of ether oxygens (including phenoxy) is 3. The van der Waals surface area contributed by atoms with Crippen LogP contribution in [0, 0.1) is 0 Å². The average Bonchev–Trinajstić information content (AvgIpc) is 3.25. The molecule has 0 saturated heterocycles. The Morgan fingerprint density at radius 1 is 1.32 bits per heavy atom. The van der Waals surface area contributed by atoms with Gasteiger partial charge >= 0.3 is 0 Å². The van der Waals surface area contributed by atoms with Crippen LogP contribution in [0.15, 0.2) is 12.1 Å². The molecule has 1 aromatic heterocycles. The summed E-state index contributed by atoms with van der Waals surface area (Å²) in [5.41, 5.74) is 0.491. The van der Waals surface area contributed by atoms with Crippen LogP contribution in [0.25, 0.3) is 0 Å². The van der Waals surface area contributed by atoms with Crippen LogP contribution in [0.3, 0.4) is 0 Å². The summed E-state index contributed by atoms with van der Waals surface area (Å²) in [5.74, 6) is 3.25. The Labute approximate surface area is 145 Å². The lowest BCUT2D eigenvalue weighted by molar-refractivity contribution is 0.0778. The van der Waals surface area contributed by atoms with Crippen LogP contribution in [0.2, 0.25) is 0 Å². The molecule has 0 aliphatic carbocycles. The molecular formula is C17H20N4O4. The molecular weight excluding hydrogens is 324 g/mol. The minimum absolute atomic E-state index is 0.134. The number of hydrogen-bond acceptors (Lipinski definition) is 6. The Hall–Kier alpha value is -2.77. The zero-order valence-electron chi connectivity index (χ0n) is 14.3. The fraction of sp³-hybridized carbons (Fsp3) is 0.471. The van der Waals surface area contributed by atoms with Crippen LogP contribution in [-0.2, 0) is 19.5 Å². The fourth-order valence-corrected chi connectivity index (χ4v) is 3.23. The number of carbonyl (C=O) groups is 1. The number of fused-ring (bicyclic) bond motifs is 2. The maximum atomic E-state index is 12.8. The van der Waals surface area contributed by atoms with Gasteiger partial charge in [0.05, 0.1) is 13.7 Å². The molecule has 0 atom stereocenters. The van der Waals surface area contributed by atoms with Gasteiger partial charge in [-0.05, 0) is 18.6 Å². The van der Waals surface area contributed by atoms with E-state index in [0.717, 1.165) is 31.0 Å². The molecule has 1 amide bonds. The van der Waals surface area contributed by atoms with E-state index in [1.54, 1.807) is 31.2 Å². The first kappa shape index (κ1) is 15.7. The van der Waals surface area contributed by atoms with Gasteiger partial charge in [-0.2, -0.15) is 0 Å². The number of aryl methyl sites for hydroxylation is 1. The van der Waals surface area contributed by atoms with Crippen molar-refractivity contribution < 1.29 is 19.0 Å². The van der Waals surface area contributed by atoms with Gasteiger partial charge in [0.1, 0.15) is 19.0 Å². The second-order valence-corrected chi connectivity index (χ2v) is 6.15. The predicted octanol–water partition coefficient (Wildman–Crippen LogP) is 1.28. The van der Waals surface area contributed by atoms with Gasteiger partial charge in [0.2, 0.25) is 5.75 Å². The molecule has 2 aromatic rings. The van der Waals surface area contributed by atoms with E-state index < -0.39 is 0 Å². The van der Waals surface area contributed by atoms with E-state index in [1.165, 1.54) is 0 Å². The summed E-state index contributed by atoms with van der Waals surface area (Å²) in [4.78, 5) is 14.5. The van der Waals surface area contributed by atoms with Gasteiger partial charge in [0.25, 0.3) is 5.91 Å². The van der Waals surface area contributed by atoms with Crippen molar-refractivity contribution in [2.45, 2.75) is 25.9 Å². The molecule has 0 unspecified atom stereocenters. The summed E-state index contributed by atoms with van der Waals surface area (Å²) < 4.78 is 18.6. The van der Waals surface area contributed by atoms with Gasteiger partial charge in [0.15, 0.2) is 17.3 Å². The standard InChI is InChI=1S/C17H20N4O4/c1-20(10-15-19-18-14-4-3-5-21(14)15)17(22)11-8-12(23-2)16-13(9-11)24-6-7-25-16/h8-9H,3-7,10H2,1-2H3. The third-order valence-electron chi connectivity index (χ3n) is 4.49. The molecule has 0 saturated carbocycles. The Bertz CT molecular complexity index is 800. The first-order valence-corrected chi connectivity index (χ1v) is 8.31. The monoisotopic (exact) mass is 344 g/mol. The Kier molecular flexibility index (Phi) is 3.95. The Balaban J connectivity index is 1.57. The van der Waals surface area contributed by atoms with E-state index in [2.05, 4.69) is 14.8 Å². The minimum atomic E-state index is -0.134. The smallest absolute Gasteiger partial charge is 0.254 e. The third-order valence-corrected chi connectivity index (χ3v) is 4.49. The second-order valence-electron chi connectivity index (χ2n) is 6.15. The van der Waals surface area contributed by atoms with E-state index in [4.69, 9.17) is 14.2 Å². The summed E-state index contributed by atoms with van der Waals surface area (Å²) >= 11 is 0. The molecule has 2 aliphatic rings. The lowest BCUT2D eigenvalue weighted by atomic mass is 10.1. The number of benzene rings is 1. The Morgan fingerprint density at radius 3 is 3.00 bits per heavy atom. The number of rotatable bonds is 4. The highest BCUT2D eigenvalue weighted by atomic mass is 16.6. The summed E-state index contributed by atoms with van der Waals surface area (Å²) in [7, 11) is 3.30.